The van der Waals surface area contributed by atoms with Crippen molar-refractivity contribution in [3.8, 4) is 0 Å². The van der Waals surface area contributed by atoms with Crippen LogP contribution in [-0.2, 0) is 0 Å². The molecule has 0 aromatic carbocycles. The van der Waals surface area contributed by atoms with Gasteiger partial charge in [0.2, 0.25) is 0 Å². The van der Waals surface area contributed by atoms with Crippen molar-refractivity contribution in [2.45, 2.75) is 34.1 Å². The van der Waals surface area contributed by atoms with Crippen LogP contribution < -0.4 is 5.73 Å². The summed E-state index contributed by atoms with van der Waals surface area (Å²) in [6.07, 6.45) is 1.37. The molecule has 1 fully saturated rings. The fourth-order valence-electron chi connectivity index (χ4n) is 2.22. The van der Waals surface area contributed by atoms with Gasteiger partial charge >= 0.3 is 0 Å². The van der Waals surface area contributed by atoms with Crippen LogP contribution in [0.2, 0.25) is 0 Å². The minimum absolute atomic E-state index is 0.284. The second-order valence-electron chi connectivity index (χ2n) is 5.90. The van der Waals surface area contributed by atoms with Crippen molar-refractivity contribution in [2.75, 3.05) is 26.2 Å². The van der Waals surface area contributed by atoms with Gasteiger partial charge in [-0.2, -0.15) is 0 Å². The van der Waals surface area contributed by atoms with E-state index < -0.39 is 0 Å². The standard InChI is InChI=1S/C12H26N2/c1-10(2)11-5-6-14(7-11)9-12(3,4)8-13/h10-11H,5-9,13H2,1-4H3. The minimum atomic E-state index is 0.284. The zero-order valence-corrected chi connectivity index (χ0v) is 10.2. The van der Waals surface area contributed by atoms with Gasteiger partial charge in [0.15, 0.2) is 0 Å². The third-order valence-electron chi connectivity index (χ3n) is 3.46. The summed E-state index contributed by atoms with van der Waals surface area (Å²) in [4.78, 5) is 2.58. The fraction of sp³-hybridized carbons (Fsp3) is 1.00. The van der Waals surface area contributed by atoms with Crippen LogP contribution in [0.25, 0.3) is 0 Å². The van der Waals surface area contributed by atoms with E-state index in [0.29, 0.717) is 0 Å². The van der Waals surface area contributed by atoms with Gasteiger partial charge in [0.25, 0.3) is 0 Å². The Morgan fingerprint density at radius 3 is 2.50 bits per heavy atom. The molecule has 1 aliphatic rings. The summed E-state index contributed by atoms with van der Waals surface area (Å²) in [5, 5.41) is 0. The molecule has 1 saturated heterocycles. The third-order valence-corrected chi connectivity index (χ3v) is 3.46. The predicted molar refractivity (Wildman–Crippen MR) is 62.2 cm³/mol. The molecule has 0 saturated carbocycles. The highest BCUT2D eigenvalue weighted by Crippen LogP contribution is 2.26. The average Bonchev–Trinajstić information content (AvgIpc) is 2.52. The fourth-order valence-corrected chi connectivity index (χ4v) is 2.22. The molecule has 0 amide bonds. The normalized spacial score (nSPS) is 24.9. The summed E-state index contributed by atoms with van der Waals surface area (Å²) >= 11 is 0. The zero-order chi connectivity index (χ0) is 10.8. The third kappa shape index (κ3) is 3.25. The van der Waals surface area contributed by atoms with Crippen molar-refractivity contribution in [1.82, 2.24) is 4.90 Å². The number of hydrogen-bond donors (Lipinski definition) is 1. The predicted octanol–water partition coefficient (Wildman–Crippen LogP) is 1.95. The maximum absolute atomic E-state index is 5.75. The second-order valence-corrected chi connectivity index (χ2v) is 5.90. The van der Waals surface area contributed by atoms with Crippen LogP contribution in [0.5, 0.6) is 0 Å². The molecule has 2 N–H and O–H groups in total. The van der Waals surface area contributed by atoms with Gasteiger partial charge in [0.1, 0.15) is 0 Å². The van der Waals surface area contributed by atoms with Crippen molar-refractivity contribution in [1.29, 1.82) is 0 Å². The van der Waals surface area contributed by atoms with E-state index in [2.05, 4.69) is 32.6 Å². The molecular weight excluding hydrogens is 172 g/mol. The Balaban J connectivity index is 2.36. The second kappa shape index (κ2) is 4.63. The van der Waals surface area contributed by atoms with E-state index in [0.717, 1.165) is 24.9 Å². The van der Waals surface area contributed by atoms with Gasteiger partial charge in [-0.3, -0.25) is 0 Å². The van der Waals surface area contributed by atoms with Crippen LogP contribution in [0, 0.1) is 17.3 Å². The maximum atomic E-state index is 5.75. The first-order valence-electron chi connectivity index (χ1n) is 5.87. The Morgan fingerprint density at radius 1 is 1.43 bits per heavy atom. The summed E-state index contributed by atoms with van der Waals surface area (Å²) in [6.45, 7) is 13.7. The molecule has 0 aromatic rings. The van der Waals surface area contributed by atoms with E-state index in [1.54, 1.807) is 0 Å². The Kier molecular flexibility index (Phi) is 3.96. The number of rotatable bonds is 4. The van der Waals surface area contributed by atoms with Crippen molar-refractivity contribution in [3.63, 3.8) is 0 Å². The molecule has 0 aromatic heterocycles. The molecule has 0 aliphatic carbocycles. The molecule has 1 atom stereocenters. The molecule has 1 rings (SSSR count). The van der Waals surface area contributed by atoms with Gasteiger partial charge in [-0.1, -0.05) is 27.7 Å². The molecule has 84 valence electrons. The summed E-state index contributed by atoms with van der Waals surface area (Å²) in [5.74, 6) is 1.74. The molecule has 14 heavy (non-hydrogen) atoms. The molecular formula is C12H26N2. The first kappa shape index (κ1) is 12.0. The van der Waals surface area contributed by atoms with Gasteiger partial charge in [-0.05, 0) is 36.8 Å². The quantitative estimate of drug-likeness (QED) is 0.748. The van der Waals surface area contributed by atoms with Gasteiger partial charge in [-0.15, -0.1) is 0 Å². The lowest BCUT2D eigenvalue weighted by Gasteiger charge is -2.29. The van der Waals surface area contributed by atoms with Crippen molar-refractivity contribution < 1.29 is 0 Å². The number of nitrogens with two attached hydrogens (primary N) is 1. The van der Waals surface area contributed by atoms with Gasteiger partial charge in [0.05, 0.1) is 0 Å². The lowest BCUT2D eigenvalue weighted by atomic mass is 9.93. The minimum Gasteiger partial charge on any atom is -0.330 e. The monoisotopic (exact) mass is 198 g/mol. The van der Waals surface area contributed by atoms with Crippen LogP contribution in [0.3, 0.4) is 0 Å². The van der Waals surface area contributed by atoms with Gasteiger partial charge in [-0.25, -0.2) is 0 Å². The molecule has 1 unspecified atom stereocenters. The lowest BCUT2D eigenvalue weighted by Crippen LogP contribution is -2.37. The highest BCUT2D eigenvalue weighted by atomic mass is 15.2. The summed E-state index contributed by atoms with van der Waals surface area (Å²) in [7, 11) is 0. The van der Waals surface area contributed by atoms with E-state index in [-0.39, 0.29) is 5.41 Å². The first-order chi connectivity index (χ1) is 6.44. The maximum Gasteiger partial charge on any atom is 0.00449 e. The SMILES string of the molecule is CC(C)C1CCN(CC(C)(C)CN)C1. The number of nitrogens with zero attached hydrogens (tertiary/aromatic N) is 1. The summed E-state index contributed by atoms with van der Waals surface area (Å²) in [5.41, 5.74) is 6.04. The molecule has 1 heterocycles. The van der Waals surface area contributed by atoms with Crippen LogP contribution >= 0.6 is 0 Å². The van der Waals surface area contributed by atoms with Crippen LogP contribution in [0.15, 0.2) is 0 Å². The molecule has 0 radical (unpaired) electrons. The highest BCUT2D eigenvalue weighted by molar-refractivity contribution is 4.82. The van der Waals surface area contributed by atoms with Crippen LogP contribution in [0.4, 0.5) is 0 Å². The Bertz CT molecular complexity index is 175. The molecule has 2 heteroatoms. The van der Waals surface area contributed by atoms with Gasteiger partial charge < -0.3 is 10.6 Å². The molecule has 1 aliphatic heterocycles. The topological polar surface area (TPSA) is 29.3 Å². The van der Waals surface area contributed by atoms with E-state index in [1.165, 1.54) is 19.5 Å². The Hall–Kier alpha value is -0.0800. The van der Waals surface area contributed by atoms with E-state index in [1.807, 2.05) is 0 Å². The average molecular weight is 198 g/mol. The molecule has 2 nitrogen and oxygen atoms in total. The van der Waals surface area contributed by atoms with Crippen LogP contribution in [0.1, 0.15) is 34.1 Å². The van der Waals surface area contributed by atoms with Crippen molar-refractivity contribution in [2.24, 2.45) is 23.0 Å². The number of likely N-dealkylation sites (tertiary alicyclic amines) is 1. The lowest BCUT2D eigenvalue weighted by molar-refractivity contribution is 0.204. The zero-order valence-electron chi connectivity index (χ0n) is 10.2. The smallest absolute Gasteiger partial charge is 0.00449 e. The Labute approximate surface area is 88.8 Å². The molecule has 0 bridgehead atoms. The van der Waals surface area contributed by atoms with E-state index in [9.17, 15) is 0 Å². The van der Waals surface area contributed by atoms with E-state index in [4.69, 9.17) is 5.73 Å². The summed E-state index contributed by atoms with van der Waals surface area (Å²) in [6, 6.07) is 0. The summed E-state index contributed by atoms with van der Waals surface area (Å²) < 4.78 is 0. The number of hydrogen-bond acceptors (Lipinski definition) is 2. The first-order valence-corrected chi connectivity index (χ1v) is 5.87. The van der Waals surface area contributed by atoms with Crippen LogP contribution in [-0.4, -0.2) is 31.1 Å². The largest absolute Gasteiger partial charge is 0.330 e. The van der Waals surface area contributed by atoms with Gasteiger partial charge in [0, 0.05) is 13.1 Å². The van der Waals surface area contributed by atoms with E-state index >= 15 is 0 Å². The Morgan fingerprint density at radius 2 is 2.07 bits per heavy atom. The van der Waals surface area contributed by atoms with Crippen molar-refractivity contribution >= 4 is 0 Å². The van der Waals surface area contributed by atoms with Crippen molar-refractivity contribution in [3.05, 3.63) is 0 Å². The molecule has 0 spiro atoms. The highest BCUT2D eigenvalue weighted by Gasteiger charge is 2.28.